The SMILES string of the molecule is CC=C(C(=O)O)C1=CSCN1N. The molecule has 0 radical (unpaired) electrons. The molecule has 0 atom stereocenters. The van der Waals surface area contributed by atoms with Crippen molar-refractivity contribution in [2.75, 3.05) is 5.88 Å². The molecule has 1 heterocycles. The van der Waals surface area contributed by atoms with E-state index in [1.54, 1.807) is 18.4 Å². The zero-order chi connectivity index (χ0) is 9.14. The summed E-state index contributed by atoms with van der Waals surface area (Å²) in [6.07, 6.45) is 1.54. The largest absolute Gasteiger partial charge is 0.478 e. The van der Waals surface area contributed by atoms with Gasteiger partial charge >= 0.3 is 5.97 Å². The number of carboxylic acids is 1. The third-order valence-electron chi connectivity index (χ3n) is 1.51. The quantitative estimate of drug-likeness (QED) is 0.492. The van der Waals surface area contributed by atoms with Crippen LogP contribution in [0.1, 0.15) is 6.92 Å². The molecule has 0 aromatic heterocycles. The molecule has 0 amide bonds. The molecule has 0 aromatic carbocycles. The Morgan fingerprint density at radius 2 is 2.58 bits per heavy atom. The molecule has 12 heavy (non-hydrogen) atoms. The summed E-state index contributed by atoms with van der Waals surface area (Å²) in [6.45, 7) is 1.68. The van der Waals surface area contributed by atoms with E-state index < -0.39 is 5.97 Å². The number of carboxylic acid groups (broad SMARTS) is 1. The minimum absolute atomic E-state index is 0.252. The van der Waals surface area contributed by atoms with E-state index in [9.17, 15) is 4.79 Å². The fourth-order valence-corrected chi connectivity index (χ4v) is 1.73. The molecule has 3 N–H and O–H groups in total. The van der Waals surface area contributed by atoms with E-state index in [4.69, 9.17) is 10.9 Å². The average Bonchev–Trinajstić information content (AvgIpc) is 2.38. The number of allylic oxidation sites excluding steroid dienone is 1. The number of aliphatic carboxylic acids is 1. The maximum atomic E-state index is 10.7. The average molecular weight is 186 g/mol. The highest BCUT2D eigenvalue weighted by Crippen LogP contribution is 2.25. The van der Waals surface area contributed by atoms with Gasteiger partial charge in [-0.15, -0.1) is 11.8 Å². The van der Waals surface area contributed by atoms with Crippen LogP contribution in [-0.4, -0.2) is 22.0 Å². The van der Waals surface area contributed by atoms with Crippen molar-refractivity contribution in [2.24, 2.45) is 5.84 Å². The van der Waals surface area contributed by atoms with E-state index in [2.05, 4.69) is 0 Å². The van der Waals surface area contributed by atoms with Gasteiger partial charge in [0.15, 0.2) is 0 Å². The molecule has 0 saturated heterocycles. The van der Waals surface area contributed by atoms with E-state index in [1.165, 1.54) is 16.8 Å². The van der Waals surface area contributed by atoms with Gasteiger partial charge in [-0.05, 0) is 12.3 Å². The molecule has 0 saturated carbocycles. The van der Waals surface area contributed by atoms with Gasteiger partial charge in [-0.3, -0.25) is 5.01 Å². The molecule has 0 aromatic rings. The lowest BCUT2D eigenvalue weighted by molar-refractivity contribution is -0.132. The summed E-state index contributed by atoms with van der Waals surface area (Å²) in [5.74, 6) is 5.20. The molecular formula is C7H10N2O2S. The van der Waals surface area contributed by atoms with Gasteiger partial charge in [-0.25, -0.2) is 10.6 Å². The van der Waals surface area contributed by atoms with E-state index in [0.29, 0.717) is 11.6 Å². The Labute approximate surface area is 74.7 Å². The van der Waals surface area contributed by atoms with Gasteiger partial charge in [0.2, 0.25) is 0 Å². The Balaban J connectivity index is 2.87. The van der Waals surface area contributed by atoms with Gasteiger partial charge in [-0.2, -0.15) is 0 Å². The monoisotopic (exact) mass is 186 g/mol. The van der Waals surface area contributed by atoms with Crippen molar-refractivity contribution >= 4 is 17.7 Å². The van der Waals surface area contributed by atoms with Crippen molar-refractivity contribution in [3.05, 3.63) is 22.8 Å². The first-order valence-electron chi connectivity index (χ1n) is 3.40. The number of nitrogens with two attached hydrogens (primary N) is 1. The fraction of sp³-hybridized carbons (Fsp3) is 0.286. The number of hydrazine groups is 1. The predicted octanol–water partition coefficient (Wildman–Crippen LogP) is 0.739. The first kappa shape index (κ1) is 9.15. The summed E-state index contributed by atoms with van der Waals surface area (Å²) in [5.41, 5.74) is 0.831. The summed E-state index contributed by atoms with van der Waals surface area (Å²) in [6, 6.07) is 0. The van der Waals surface area contributed by atoms with Crippen molar-refractivity contribution < 1.29 is 9.90 Å². The van der Waals surface area contributed by atoms with Crippen LogP contribution in [0.2, 0.25) is 0 Å². The minimum Gasteiger partial charge on any atom is -0.478 e. The molecule has 1 aliphatic rings. The Hall–Kier alpha value is -0.940. The second kappa shape index (κ2) is 3.64. The summed E-state index contributed by atoms with van der Waals surface area (Å²) >= 11 is 1.49. The highest BCUT2D eigenvalue weighted by atomic mass is 32.2. The molecule has 4 nitrogen and oxygen atoms in total. The van der Waals surface area contributed by atoms with E-state index in [0.717, 1.165) is 0 Å². The zero-order valence-corrected chi connectivity index (χ0v) is 7.47. The smallest absolute Gasteiger partial charge is 0.337 e. The van der Waals surface area contributed by atoms with Crippen LogP contribution in [0.15, 0.2) is 22.8 Å². The van der Waals surface area contributed by atoms with Crippen molar-refractivity contribution in [1.82, 2.24) is 5.01 Å². The fourth-order valence-electron chi connectivity index (χ4n) is 0.933. The van der Waals surface area contributed by atoms with Crippen LogP contribution in [-0.2, 0) is 4.79 Å². The van der Waals surface area contributed by atoms with Crippen LogP contribution in [0.3, 0.4) is 0 Å². The second-order valence-corrected chi connectivity index (χ2v) is 3.10. The Bertz CT molecular complexity index is 260. The Morgan fingerprint density at radius 3 is 2.92 bits per heavy atom. The number of hydrogen-bond donors (Lipinski definition) is 2. The molecule has 0 bridgehead atoms. The van der Waals surface area contributed by atoms with Crippen LogP contribution in [0.5, 0.6) is 0 Å². The molecule has 66 valence electrons. The zero-order valence-electron chi connectivity index (χ0n) is 6.65. The molecule has 1 rings (SSSR count). The van der Waals surface area contributed by atoms with Crippen molar-refractivity contribution in [3.63, 3.8) is 0 Å². The standard InChI is InChI=1S/C7H10N2O2S/c1-2-5(7(10)11)6-3-12-4-9(6)8/h2-3H,4,8H2,1H3,(H,10,11). The maximum Gasteiger partial charge on any atom is 0.337 e. The van der Waals surface area contributed by atoms with Gasteiger partial charge in [0.25, 0.3) is 0 Å². The Morgan fingerprint density at radius 1 is 1.92 bits per heavy atom. The summed E-state index contributed by atoms with van der Waals surface area (Å²) < 4.78 is 0. The van der Waals surface area contributed by atoms with Crippen molar-refractivity contribution in [3.8, 4) is 0 Å². The number of nitrogens with zero attached hydrogens (tertiary/aromatic N) is 1. The highest BCUT2D eigenvalue weighted by Gasteiger charge is 2.20. The molecule has 0 unspecified atom stereocenters. The maximum absolute atomic E-state index is 10.7. The van der Waals surface area contributed by atoms with E-state index in [1.807, 2.05) is 0 Å². The van der Waals surface area contributed by atoms with E-state index >= 15 is 0 Å². The van der Waals surface area contributed by atoms with E-state index in [-0.39, 0.29) is 5.57 Å². The van der Waals surface area contributed by atoms with Gasteiger partial charge in [-0.1, -0.05) is 6.08 Å². The van der Waals surface area contributed by atoms with Crippen molar-refractivity contribution in [2.45, 2.75) is 6.92 Å². The van der Waals surface area contributed by atoms with Crippen LogP contribution in [0.25, 0.3) is 0 Å². The van der Waals surface area contributed by atoms with Crippen LogP contribution in [0.4, 0.5) is 0 Å². The molecule has 0 fully saturated rings. The first-order chi connectivity index (χ1) is 5.66. The lowest BCUT2D eigenvalue weighted by atomic mass is 10.2. The summed E-state index contributed by atoms with van der Waals surface area (Å²) in [7, 11) is 0. The van der Waals surface area contributed by atoms with Gasteiger partial charge < -0.3 is 5.11 Å². The number of thioether (sulfide) groups is 1. The molecular weight excluding hydrogens is 176 g/mol. The second-order valence-electron chi connectivity index (χ2n) is 2.28. The molecule has 1 aliphatic heterocycles. The normalized spacial score (nSPS) is 18.0. The van der Waals surface area contributed by atoms with Crippen molar-refractivity contribution in [1.29, 1.82) is 0 Å². The topological polar surface area (TPSA) is 66.6 Å². The van der Waals surface area contributed by atoms with Gasteiger partial charge in [0, 0.05) is 0 Å². The number of rotatable bonds is 2. The third-order valence-corrected chi connectivity index (χ3v) is 2.33. The highest BCUT2D eigenvalue weighted by molar-refractivity contribution is 8.02. The van der Waals surface area contributed by atoms with Gasteiger partial charge in [0.05, 0.1) is 17.1 Å². The first-order valence-corrected chi connectivity index (χ1v) is 4.45. The minimum atomic E-state index is -0.943. The van der Waals surface area contributed by atoms with Crippen LogP contribution < -0.4 is 5.84 Å². The van der Waals surface area contributed by atoms with Gasteiger partial charge in [0.1, 0.15) is 0 Å². The van der Waals surface area contributed by atoms with Crippen LogP contribution >= 0.6 is 11.8 Å². The molecule has 5 heteroatoms. The molecule has 0 aliphatic carbocycles. The van der Waals surface area contributed by atoms with Crippen LogP contribution in [0, 0.1) is 0 Å². The lowest BCUT2D eigenvalue weighted by Gasteiger charge is -2.14. The molecule has 0 spiro atoms. The third kappa shape index (κ3) is 1.62. The summed E-state index contributed by atoms with van der Waals surface area (Å²) in [4.78, 5) is 10.7. The lowest BCUT2D eigenvalue weighted by Crippen LogP contribution is -2.28. The number of hydrogen-bond acceptors (Lipinski definition) is 4. The number of carbonyl (C=O) groups is 1. The Kier molecular flexibility index (Phi) is 2.78. The predicted molar refractivity (Wildman–Crippen MR) is 48.0 cm³/mol. The summed E-state index contributed by atoms with van der Waals surface area (Å²) in [5, 5.41) is 11.9.